The van der Waals surface area contributed by atoms with Crippen molar-refractivity contribution >= 4 is 7.98 Å². The fourth-order valence-corrected chi connectivity index (χ4v) is 0.448. The van der Waals surface area contributed by atoms with E-state index in [1.54, 1.807) is 0 Å². The molecule has 0 aromatic carbocycles. The summed E-state index contributed by atoms with van der Waals surface area (Å²) in [6.07, 6.45) is 0. The van der Waals surface area contributed by atoms with Gasteiger partial charge in [-0.05, 0) is 27.7 Å². The molecule has 0 rings (SSSR count). The van der Waals surface area contributed by atoms with Crippen molar-refractivity contribution in [1.29, 1.82) is 0 Å². The highest BCUT2D eigenvalue weighted by Gasteiger charge is 2.35. The highest BCUT2D eigenvalue weighted by molar-refractivity contribution is 6.04. The quantitative estimate of drug-likeness (QED) is 0.417. The van der Waals surface area contributed by atoms with Crippen LogP contribution in [-0.2, 0) is 4.84 Å². The largest absolute Gasteiger partial charge is 0.355 e. The SMILES string of the molecule is BNC(C)(C)C(C)(C)ON. The molecule has 0 saturated carbocycles. The Labute approximate surface area is 63.7 Å². The normalized spacial score (nSPS) is 13.7. The molecule has 0 spiro atoms. The summed E-state index contributed by atoms with van der Waals surface area (Å²) in [7, 11) is 1.89. The predicted molar refractivity (Wildman–Crippen MR) is 45.1 cm³/mol. The van der Waals surface area contributed by atoms with Gasteiger partial charge in [-0.15, -0.1) is 0 Å². The number of rotatable bonds is 3. The zero-order valence-electron chi connectivity index (χ0n) is 7.49. The highest BCUT2D eigenvalue weighted by atomic mass is 16.6. The standard InChI is InChI=1S/C6H17BN2O/c1-5(2,9-7)6(3,4)10-8/h9H,7-8H2,1-4H3. The van der Waals surface area contributed by atoms with Crippen LogP contribution in [0.5, 0.6) is 0 Å². The van der Waals surface area contributed by atoms with Crippen LogP contribution >= 0.6 is 0 Å². The van der Waals surface area contributed by atoms with Crippen LogP contribution < -0.4 is 11.1 Å². The van der Waals surface area contributed by atoms with Crippen molar-refractivity contribution in [2.75, 3.05) is 0 Å². The Morgan fingerprint density at radius 1 is 1.30 bits per heavy atom. The lowest BCUT2D eigenvalue weighted by Gasteiger charge is -2.39. The summed E-state index contributed by atoms with van der Waals surface area (Å²) >= 11 is 0. The molecule has 0 heterocycles. The molecule has 60 valence electrons. The van der Waals surface area contributed by atoms with Crippen LogP contribution in [0.25, 0.3) is 0 Å². The summed E-state index contributed by atoms with van der Waals surface area (Å²) in [5.74, 6) is 5.13. The van der Waals surface area contributed by atoms with Crippen molar-refractivity contribution in [2.45, 2.75) is 38.8 Å². The van der Waals surface area contributed by atoms with E-state index in [4.69, 9.17) is 10.7 Å². The first-order valence-electron chi connectivity index (χ1n) is 3.44. The predicted octanol–water partition coefficient (Wildman–Crippen LogP) is -0.428. The molecule has 0 unspecified atom stereocenters. The molecule has 10 heavy (non-hydrogen) atoms. The molecule has 0 aliphatic rings. The van der Waals surface area contributed by atoms with Crippen molar-refractivity contribution in [3.05, 3.63) is 0 Å². The Bertz CT molecular complexity index is 100. The van der Waals surface area contributed by atoms with Gasteiger partial charge in [-0.1, -0.05) is 0 Å². The van der Waals surface area contributed by atoms with Gasteiger partial charge in [0.1, 0.15) is 5.60 Å². The molecular formula is C6H17BN2O. The van der Waals surface area contributed by atoms with Crippen molar-refractivity contribution in [3.63, 3.8) is 0 Å². The summed E-state index contributed by atoms with van der Waals surface area (Å²) in [5.41, 5.74) is -0.455. The van der Waals surface area contributed by atoms with E-state index in [0.29, 0.717) is 0 Å². The molecule has 0 radical (unpaired) electrons. The molecule has 3 N–H and O–H groups in total. The summed E-state index contributed by atoms with van der Waals surface area (Å²) in [4.78, 5) is 4.83. The Kier molecular flexibility index (Phi) is 2.89. The maximum absolute atomic E-state index is 5.13. The first kappa shape index (κ1) is 9.94. The molecule has 0 bridgehead atoms. The fraction of sp³-hybridized carbons (Fsp3) is 1.00. The van der Waals surface area contributed by atoms with Crippen LogP contribution in [0.1, 0.15) is 27.7 Å². The maximum Gasteiger partial charge on any atom is 0.182 e. The molecule has 0 atom stereocenters. The molecular weight excluding hydrogens is 127 g/mol. The molecule has 0 aromatic heterocycles. The minimum atomic E-state index is -0.345. The van der Waals surface area contributed by atoms with Crippen LogP contribution in [0.4, 0.5) is 0 Å². The van der Waals surface area contributed by atoms with Gasteiger partial charge in [0.15, 0.2) is 7.98 Å². The van der Waals surface area contributed by atoms with E-state index in [0.717, 1.165) is 0 Å². The minimum absolute atomic E-state index is 0.109. The van der Waals surface area contributed by atoms with Crippen molar-refractivity contribution < 1.29 is 4.84 Å². The topological polar surface area (TPSA) is 47.3 Å². The monoisotopic (exact) mass is 144 g/mol. The van der Waals surface area contributed by atoms with Crippen molar-refractivity contribution in [3.8, 4) is 0 Å². The first-order chi connectivity index (χ1) is 4.37. The van der Waals surface area contributed by atoms with Gasteiger partial charge in [0.25, 0.3) is 0 Å². The maximum atomic E-state index is 5.13. The lowest BCUT2D eigenvalue weighted by Crippen LogP contribution is -2.57. The van der Waals surface area contributed by atoms with Crippen LogP contribution in [0.3, 0.4) is 0 Å². The highest BCUT2D eigenvalue weighted by Crippen LogP contribution is 2.22. The second-order valence-electron chi connectivity index (χ2n) is 3.50. The summed E-state index contributed by atoms with van der Waals surface area (Å²) < 4.78 is 0. The van der Waals surface area contributed by atoms with Gasteiger partial charge < -0.3 is 5.23 Å². The smallest absolute Gasteiger partial charge is 0.182 e. The van der Waals surface area contributed by atoms with E-state index in [1.165, 1.54) is 0 Å². The summed E-state index contributed by atoms with van der Waals surface area (Å²) in [5, 5.41) is 3.13. The van der Waals surface area contributed by atoms with Crippen molar-refractivity contribution in [2.24, 2.45) is 5.90 Å². The van der Waals surface area contributed by atoms with Gasteiger partial charge >= 0.3 is 0 Å². The van der Waals surface area contributed by atoms with Gasteiger partial charge in [-0.3, -0.25) is 4.84 Å². The average Bonchev–Trinajstić information content (AvgIpc) is 1.88. The van der Waals surface area contributed by atoms with E-state index in [9.17, 15) is 0 Å². The molecule has 0 amide bonds. The first-order valence-corrected chi connectivity index (χ1v) is 3.44. The number of hydrogen-bond donors (Lipinski definition) is 2. The van der Waals surface area contributed by atoms with Crippen LogP contribution in [-0.4, -0.2) is 19.1 Å². The van der Waals surface area contributed by atoms with Crippen LogP contribution in [0.15, 0.2) is 0 Å². The Morgan fingerprint density at radius 2 is 1.70 bits per heavy atom. The third kappa shape index (κ3) is 1.72. The van der Waals surface area contributed by atoms with E-state index in [-0.39, 0.29) is 11.1 Å². The van der Waals surface area contributed by atoms with E-state index in [1.807, 2.05) is 35.7 Å². The lowest BCUT2D eigenvalue weighted by atomic mass is 9.84. The molecule has 0 aromatic rings. The van der Waals surface area contributed by atoms with Crippen molar-refractivity contribution in [1.82, 2.24) is 5.23 Å². The van der Waals surface area contributed by atoms with Crippen LogP contribution in [0, 0.1) is 0 Å². The molecule has 0 saturated heterocycles. The van der Waals surface area contributed by atoms with Crippen LogP contribution in [0.2, 0.25) is 0 Å². The summed E-state index contributed by atoms with van der Waals surface area (Å²) in [6.45, 7) is 7.98. The Morgan fingerprint density at radius 3 is 1.80 bits per heavy atom. The molecule has 0 aliphatic carbocycles. The number of nitrogens with one attached hydrogen (secondary N) is 1. The fourth-order valence-electron chi connectivity index (χ4n) is 0.448. The second-order valence-corrected chi connectivity index (χ2v) is 3.50. The van der Waals surface area contributed by atoms with Gasteiger partial charge in [0, 0.05) is 5.54 Å². The zero-order chi connectivity index (χ0) is 8.41. The third-order valence-corrected chi connectivity index (χ3v) is 2.42. The zero-order valence-corrected chi connectivity index (χ0v) is 7.49. The molecule has 4 heteroatoms. The number of nitrogens with two attached hydrogens (primary N) is 1. The van der Waals surface area contributed by atoms with Gasteiger partial charge in [-0.25, -0.2) is 5.90 Å². The minimum Gasteiger partial charge on any atom is -0.355 e. The molecule has 0 aliphatic heterocycles. The molecule has 0 fully saturated rings. The van der Waals surface area contributed by atoms with Gasteiger partial charge in [-0.2, -0.15) is 0 Å². The summed E-state index contributed by atoms with van der Waals surface area (Å²) in [6, 6.07) is 0. The Balaban J connectivity index is 4.28. The van der Waals surface area contributed by atoms with E-state index in [2.05, 4.69) is 5.23 Å². The van der Waals surface area contributed by atoms with E-state index < -0.39 is 0 Å². The van der Waals surface area contributed by atoms with E-state index >= 15 is 0 Å². The number of hydrogen-bond acceptors (Lipinski definition) is 3. The third-order valence-electron chi connectivity index (χ3n) is 2.42. The Hall–Kier alpha value is -0.0551. The molecule has 3 nitrogen and oxygen atoms in total. The van der Waals surface area contributed by atoms with Gasteiger partial charge in [0.2, 0.25) is 0 Å². The lowest BCUT2D eigenvalue weighted by molar-refractivity contribution is -0.0695. The second kappa shape index (κ2) is 2.90. The average molecular weight is 144 g/mol. The van der Waals surface area contributed by atoms with Gasteiger partial charge in [0.05, 0.1) is 0 Å².